The van der Waals surface area contributed by atoms with E-state index in [0.717, 1.165) is 18.7 Å². The molecule has 2 N–H and O–H groups in total. The van der Waals surface area contributed by atoms with E-state index in [9.17, 15) is 23.4 Å². The average Bonchev–Trinajstić information content (AvgIpc) is 2.76. The minimum atomic E-state index is -4.49. The van der Waals surface area contributed by atoms with E-state index in [1.807, 2.05) is 0 Å². The van der Waals surface area contributed by atoms with Crippen molar-refractivity contribution in [2.45, 2.75) is 42.9 Å². The van der Waals surface area contributed by atoms with Crippen molar-refractivity contribution in [3.8, 4) is 0 Å². The van der Waals surface area contributed by atoms with E-state index < -0.39 is 41.9 Å². The molecule has 1 fully saturated rings. The first-order valence-electron chi connectivity index (χ1n) is 6.13. The third-order valence-electron chi connectivity index (χ3n) is 3.48. The summed E-state index contributed by atoms with van der Waals surface area (Å²) in [5.41, 5.74) is -0.708. The van der Waals surface area contributed by atoms with E-state index in [4.69, 9.17) is 4.74 Å². The van der Waals surface area contributed by atoms with E-state index in [1.54, 1.807) is 19.0 Å². The molecule has 1 saturated heterocycles. The van der Waals surface area contributed by atoms with Crippen LogP contribution in [0.1, 0.15) is 6.92 Å². The van der Waals surface area contributed by atoms with Crippen molar-refractivity contribution in [2.24, 2.45) is 10.9 Å². The van der Waals surface area contributed by atoms with Gasteiger partial charge in [-0.3, -0.25) is 4.99 Å². The molecule has 0 aromatic carbocycles. The van der Waals surface area contributed by atoms with Gasteiger partial charge >= 0.3 is 6.18 Å². The number of thioether (sulfide) groups is 1. The number of halogens is 3. The molecule has 2 heterocycles. The van der Waals surface area contributed by atoms with Gasteiger partial charge in [-0.15, -0.1) is 0 Å². The van der Waals surface area contributed by atoms with Crippen LogP contribution in [0.5, 0.6) is 0 Å². The Morgan fingerprint density at radius 2 is 1.90 bits per heavy atom. The zero-order valence-corrected chi connectivity index (χ0v) is 12.0. The standard InChI is InChI=1S/C11H17F3N2O3S/c1-4(11(12,13)14)8-7(18)6(17)5-9(19-8)20-10(15-5)16(2)3/h4-9,17-18H,1-3H3/t4-,5?,6?,7?,8?,9?/m0/s1. The lowest BCUT2D eigenvalue weighted by Gasteiger charge is -2.41. The van der Waals surface area contributed by atoms with Crippen LogP contribution in [0.15, 0.2) is 4.99 Å². The molecule has 0 aromatic rings. The van der Waals surface area contributed by atoms with Gasteiger partial charge in [0.2, 0.25) is 0 Å². The molecular formula is C11H17F3N2O3S. The number of ether oxygens (including phenoxy) is 1. The Morgan fingerprint density at radius 3 is 2.40 bits per heavy atom. The SMILES string of the molecule is C[C@@H](C1OC2SC(N(C)C)=NC2C(O)C1O)C(F)(F)F. The Kier molecular flexibility index (Phi) is 4.25. The maximum Gasteiger partial charge on any atom is 0.394 e. The van der Waals surface area contributed by atoms with Gasteiger partial charge in [0.05, 0.1) is 12.0 Å². The molecule has 0 spiro atoms. The third kappa shape index (κ3) is 2.76. The highest BCUT2D eigenvalue weighted by molar-refractivity contribution is 8.14. The van der Waals surface area contributed by atoms with E-state index in [2.05, 4.69) is 4.99 Å². The summed E-state index contributed by atoms with van der Waals surface area (Å²) in [5, 5.41) is 20.4. The van der Waals surface area contributed by atoms with Crippen molar-refractivity contribution in [3.05, 3.63) is 0 Å². The molecule has 20 heavy (non-hydrogen) atoms. The molecule has 0 amide bonds. The third-order valence-corrected chi connectivity index (χ3v) is 4.78. The molecule has 2 rings (SSSR count). The number of hydrogen-bond acceptors (Lipinski definition) is 6. The van der Waals surface area contributed by atoms with E-state index in [-0.39, 0.29) is 0 Å². The van der Waals surface area contributed by atoms with Gasteiger partial charge in [0.25, 0.3) is 0 Å². The number of nitrogens with zero attached hydrogens (tertiary/aromatic N) is 2. The van der Waals surface area contributed by atoms with Gasteiger partial charge in [0.15, 0.2) is 5.17 Å². The van der Waals surface area contributed by atoms with E-state index in [1.165, 1.54) is 0 Å². The number of alkyl halides is 3. The Morgan fingerprint density at radius 1 is 1.30 bits per heavy atom. The van der Waals surface area contributed by atoms with Gasteiger partial charge in [-0.1, -0.05) is 18.7 Å². The van der Waals surface area contributed by atoms with Gasteiger partial charge in [0, 0.05) is 14.1 Å². The second-order valence-corrected chi connectivity index (χ2v) is 6.26. The minimum absolute atomic E-state index is 0.562. The first kappa shape index (κ1) is 15.9. The number of amidine groups is 1. The van der Waals surface area contributed by atoms with Crippen molar-refractivity contribution in [3.63, 3.8) is 0 Å². The molecule has 6 atom stereocenters. The van der Waals surface area contributed by atoms with Crippen LogP contribution in [-0.2, 0) is 4.74 Å². The van der Waals surface area contributed by atoms with Crippen LogP contribution >= 0.6 is 11.8 Å². The number of rotatable bonds is 1. The monoisotopic (exact) mass is 314 g/mol. The summed E-state index contributed by atoms with van der Waals surface area (Å²) in [5.74, 6) is -1.86. The predicted molar refractivity (Wildman–Crippen MR) is 68.4 cm³/mol. The zero-order chi connectivity index (χ0) is 15.2. The highest BCUT2D eigenvalue weighted by Gasteiger charge is 2.54. The lowest BCUT2D eigenvalue weighted by Crippen LogP contribution is -2.58. The molecular weight excluding hydrogens is 297 g/mol. The fourth-order valence-corrected chi connectivity index (χ4v) is 3.34. The van der Waals surface area contributed by atoms with Crippen LogP contribution in [-0.4, -0.2) is 70.3 Å². The molecule has 5 nitrogen and oxygen atoms in total. The lowest BCUT2D eigenvalue weighted by atomic mass is 9.90. The van der Waals surface area contributed by atoms with Gasteiger partial charge < -0.3 is 19.8 Å². The second-order valence-electron chi connectivity index (χ2n) is 5.20. The predicted octanol–water partition coefficient (Wildman–Crippen LogP) is 0.664. The van der Waals surface area contributed by atoms with Crippen LogP contribution in [0.4, 0.5) is 13.2 Å². The smallest absolute Gasteiger partial charge is 0.388 e. The molecule has 0 aromatic heterocycles. The average molecular weight is 314 g/mol. The normalized spacial score (nSPS) is 39.2. The van der Waals surface area contributed by atoms with Crippen molar-refractivity contribution < 1.29 is 28.1 Å². The highest BCUT2D eigenvalue weighted by Crippen LogP contribution is 2.41. The van der Waals surface area contributed by atoms with E-state index >= 15 is 0 Å². The summed E-state index contributed by atoms with van der Waals surface area (Å²) in [6, 6.07) is -0.746. The molecule has 0 bridgehead atoms. The zero-order valence-electron chi connectivity index (χ0n) is 11.2. The maximum absolute atomic E-state index is 12.8. The van der Waals surface area contributed by atoms with Gasteiger partial charge in [-0.25, -0.2) is 0 Å². The molecule has 9 heteroatoms. The summed E-state index contributed by atoms with van der Waals surface area (Å²) in [6.07, 6.45) is -8.96. The van der Waals surface area contributed by atoms with Crippen molar-refractivity contribution >= 4 is 16.9 Å². The number of hydrogen-bond donors (Lipinski definition) is 2. The largest absolute Gasteiger partial charge is 0.394 e. The number of aliphatic hydroxyl groups is 2. The summed E-state index contributed by atoms with van der Waals surface area (Å²) in [6.45, 7) is 0.939. The lowest BCUT2D eigenvalue weighted by molar-refractivity contribution is -0.244. The number of fused-ring (bicyclic) bond motifs is 1. The van der Waals surface area contributed by atoms with Gasteiger partial charge in [-0.05, 0) is 0 Å². The van der Waals surface area contributed by atoms with Crippen LogP contribution in [0.3, 0.4) is 0 Å². The Bertz CT molecular complexity index is 405. The molecule has 5 unspecified atom stereocenters. The molecule has 0 radical (unpaired) electrons. The quantitative estimate of drug-likeness (QED) is 0.744. The molecule has 116 valence electrons. The number of aliphatic imine (C=N–C) groups is 1. The van der Waals surface area contributed by atoms with Gasteiger partial charge in [-0.2, -0.15) is 13.2 Å². The van der Waals surface area contributed by atoms with E-state index in [0.29, 0.717) is 5.17 Å². The fraction of sp³-hybridized carbons (Fsp3) is 0.909. The molecule has 2 aliphatic rings. The first-order valence-corrected chi connectivity index (χ1v) is 7.01. The van der Waals surface area contributed by atoms with Crippen LogP contribution in [0.2, 0.25) is 0 Å². The van der Waals surface area contributed by atoms with Crippen molar-refractivity contribution in [1.82, 2.24) is 4.90 Å². The maximum atomic E-state index is 12.8. The minimum Gasteiger partial charge on any atom is -0.388 e. The molecule has 2 aliphatic heterocycles. The summed E-state index contributed by atoms with van der Waals surface area (Å²) < 4.78 is 43.7. The first-order chi connectivity index (χ1) is 9.12. The Hall–Kier alpha value is -0.510. The van der Waals surface area contributed by atoms with Crippen LogP contribution in [0, 0.1) is 5.92 Å². The Labute approximate surface area is 118 Å². The summed E-state index contributed by atoms with van der Waals surface area (Å²) in [7, 11) is 3.48. The van der Waals surface area contributed by atoms with Crippen LogP contribution in [0.25, 0.3) is 0 Å². The second kappa shape index (κ2) is 5.36. The Balaban J connectivity index is 2.17. The molecule has 0 aliphatic carbocycles. The number of aliphatic hydroxyl groups excluding tert-OH is 2. The van der Waals surface area contributed by atoms with Crippen molar-refractivity contribution in [2.75, 3.05) is 14.1 Å². The molecule has 0 saturated carbocycles. The summed E-state index contributed by atoms with van der Waals surface area (Å²) >= 11 is 1.16. The van der Waals surface area contributed by atoms with Gasteiger partial charge in [0.1, 0.15) is 23.7 Å². The fourth-order valence-electron chi connectivity index (χ4n) is 2.19. The van der Waals surface area contributed by atoms with Crippen molar-refractivity contribution in [1.29, 1.82) is 0 Å². The topological polar surface area (TPSA) is 65.3 Å². The van der Waals surface area contributed by atoms with Crippen LogP contribution < -0.4 is 0 Å². The highest BCUT2D eigenvalue weighted by atomic mass is 32.2. The summed E-state index contributed by atoms with van der Waals surface area (Å²) in [4.78, 5) is 5.87.